The summed E-state index contributed by atoms with van der Waals surface area (Å²) < 4.78 is 22.3. The second kappa shape index (κ2) is 7.18. The minimum absolute atomic E-state index is 0.0791. The summed E-state index contributed by atoms with van der Waals surface area (Å²) in [6.07, 6.45) is 0. The van der Waals surface area contributed by atoms with Gasteiger partial charge in [-0.1, -0.05) is 0 Å². The van der Waals surface area contributed by atoms with E-state index in [2.05, 4.69) is 10.1 Å². The molecule has 1 amide bonds. The number of halogens is 1. The number of benzene rings is 1. The molecule has 0 aliphatic carbocycles. The van der Waals surface area contributed by atoms with Crippen LogP contribution in [0.4, 0.5) is 4.39 Å². The summed E-state index contributed by atoms with van der Waals surface area (Å²) in [4.78, 5) is 34.1. The van der Waals surface area contributed by atoms with Crippen molar-refractivity contribution in [2.45, 2.75) is 13.8 Å². The molecule has 1 N–H and O–H groups in total. The molecule has 1 aromatic carbocycles. The maximum Gasteiger partial charge on any atom is 0.376 e. The molecule has 0 aliphatic rings. The second-order valence-electron chi connectivity index (χ2n) is 3.98. The first-order valence-corrected chi connectivity index (χ1v) is 5.89. The van der Waals surface area contributed by atoms with Crippen LogP contribution in [0, 0.1) is 5.82 Å². The Morgan fingerprint density at radius 2 is 1.67 bits per heavy atom. The Kier molecular flexibility index (Phi) is 5.59. The van der Waals surface area contributed by atoms with Gasteiger partial charge in [-0.05, 0) is 24.3 Å². The van der Waals surface area contributed by atoms with E-state index in [0.29, 0.717) is 0 Å². The molecular formula is C14H14FNO5. The summed E-state index contributed by atoms with van der Waals surface area (Å²) in [6, 6.07) is 4.93. The number of carbonyl (C=O) groups is 3. The van der Waals surface area contributed by atoms with Crippen molar-refractivity contribution in [3.05, 3.63) is 41.4 Å². The van der Waals surface area contributed by atoms with Gasteiger partial charge in [0.1, 0.15) is 5.82 Å². The van der Waals surface area contributed by atoms with Crippen LogP contribution in [0.3, 0.4) is 0 Å². The Hall–Kier alpha value is -2.70. The molecule has 0 aliphatic heterocycles. The number of hydrogen-bond donors (Lipinski definition) is 1. The van der Waals surface area contributed by atoms with Crippen LogP contribution in [-0.2, 0) is 23.9 Å². The molecule has 0 saturated carbocycles. The average Bonchev–Trinajstić information content (AvgIpc) is 2.42. The van der Waals surface area contributed by atoms with Crippen LogP contribution in [0.1, 0.15) is 19.4 Å². The van der Waals surface area contributed by atoms with Crippen molar-refractivity contribution < 1.29 is 28.2 Å². The number of ether oxygens (including phenoxy) is 2. The summed E-state index contributed by atoms with van der Waals surface area (Å²) >= 11 is 0. The minimum Gasteiger partial charge on any atom is -0.463 e. The average molecular weight is 295 g/mol. The summed E-state index contributed by atoms with van der Waals surface area (Å²) in [5.74, 6) is -3.18. The molecule has 0 fully saturated rings. The summed E-state index contributed by atoms with van der Waals surface area (Å²) in [5, 5.41) is 2.38. The monoisotopic (exact) mass is 295 g/mol. The Bertz CT molecular complexity index is 592. The number of hydrogen-bond acceptors (Lipinski definition) is 5. The number of methoxy groups -OCH3 is 1. The largest absolute Gasteiger partial charge is 0.463 e. The zero-order chi connectivity index (χ0) is 16.0. The van der Waals surface area contributed by atoms with Gasteiger partial charge in [-0.25, -0.2) is 9.18 Å². The van der Waals surface area contributed by atoms with Crippen LogP contribution in [0.15, 0.2) is 30.0 Å². The van der Waals surface area contributed by atoms with Gasteiger partial charge in [-0.3, -0.25) is 9.59 Å². The van der Waals surface area contributed by atoms with Crippen molar-refractivity contribution in [1.82, 2.24) is 5.32 Å². The fourth-order valence-corrected chi connectivity index (χ4v) is 1.48. The van der Waals surface area contributed by atoms with E-state index in [0.717, 1.165) is 26.2 Å². The van der Waals surface area contributed by atoms with Crippen LogP contribution in [0.25, 0.3) is 5.70 Å². The van der Waals surface area contributed by atoms with Gasteiger partial charge in [0, 0.05) is 19.4 Å². The molecule has 1 rings (SSSR count). The molecule has 112 valence electrons. The van der Waals surface area contributed by atoms with Crippen LogP contribution in [0.2, 0.25) is 0 Å². The van der Waals surface area contributed by atoms with E-state index < -0.39 is 29.4 Å². The van der Waals surface area contributed by atoms with E-state index in [1.54, 1.807) is 0 Å². The Morgan fingerprint density at radius 3 is 2.10 bits per heavy atom. The first kappa shape index (κ1) is 16.4. The summed E-state index contributed by atoms with van der Waals surface area (Å²) in [7, 11) is 1.10. The zero-order valence-corrected chi connectivity index (χ0v) is 11.7. The number of esters is 2. The maximum absolute atomic E-state index is 13.0. The van der Waals surface area contributed by atoms with E-state index in [9.17, 15) is 18.8 Å². The molecule has 1 aromatic rings. The van der Waals surface area contributed by atoms with Crippen molar-refractivity contribution in [3.63, 3.8) is 0 Å². The van der Waals surface area contributed by atoms with Crippen LogP contribution in [0.5, 0.6) is 0 Å². The molecule has 0 spiro atoms. The van der Waals surface area contributed by atoms with Crippen molar-refractivity contribution >= 4 is 23.5 Å². The van der Waals surface area contributed by atoms with Crippen molar-refractivity contribution in [2.75, 3.05) is 7.11 Å². The Balaban J connectivity index is 3.44. The van der Waals surface area contributed by atoms with Gasteiger partial charge in [0.15, 0.2) is 0 Å². The van der Waals surface area contributed by atoms with Crippen molar-refractivity contribution in [1.29, 1.82) is 0 Å². The molecule has 0 atom stereocenters. The third kappa shape index (κ3) is 4.72. The molecule has 0 saturated heterocycles. The molecule has 21 heavy (non-hydrogen) atoms. The molecule has 6 nitrogen and oxygen atoms in total. The normalized spacial score (nSPS) is 11.2. The first-order chi connectivity index (χ1) is 9.85. The number of nitrogens with one attached hydrogen (secondary N) is 1. The third-order valence-corrected chi connectivity index (χ3v) is 2.28. The second-order valence-corrected chi connectivity index (χ2v) is 3.98. The quantitative estimate of drug-likeness (QED) is 0.515. The van der Waals surface area contributed by atoms with Gasteiger partial charge in [-0.15, -0.1) is 0 Å². The smallest absolute Gasteiger partial charge is 0.376 e. The molecule has 7 heteroatoms. The van der Waals surface area contributed by atoms with E-state index in [-0.39, 0.29) is 11.3 Å². The summed E-state index contributed by atoms with van der Waals surface area (Å²) in [6.45, 7) is 2.31. The predicted molar refractivity (Wildman–Crippen MR) is 70.9 cm³/mol. The summed E-state index contributed by atoms with van der Waals surface area (Å²) in [5.41, 5.74) is 0.206. The van der Waals surface area contributed by atoms with E-state index in [1.807, 2.05) is 0 Å². The highest BCUT2D eigenvalue weighted by atomic mass is 19.1. The van der Waals surface area contributed by atoms with Crippen LogP contribution in [-0.4, -0.2) is 25.0 Å². The number of amides is 1. The Morgan fingerprint density at radius 1 is 1.10 bits per heavy atom. The number of carbonyl (C=O) groups excluding carboxylic acids is 3. The van der Waals surface area contributed by atoms with Gasteiger partial charge in [-0.2, -0.15) is 0 Å². The number of rotatable bonds is 4. The van der Waals surface area contributed by atoms with E-state index in [4.69, 9.17) is 4.74 Å². The molecule has 0 radical (unpaired) electrons. The molecular weight excluding hydrogens is 281 g/mol. The highest BCUT2D eigenvalue weighted by Crippen LogP contribution is 2.19. The zero-order valence-electron chi connectivity index (χ0n) is 11.7. The van der Waals surface area contributed by atoms with Gasteiger partial charge < -0.3 is 14.8 Å². The fourth-order valence-electron chi connectivity index (χ4n) is 1.48. The van der Waals surface area contributed by atoms with Crippen LogP contribution >= 0.6 is 0 Å². The maximum atomic E-state index is 13.0. The van der Waals surface area contributed by atoms with Crippen LogP contribution < -0.4 is 5.32 Å². The van der Waals surface area contributed by atoms with Gasteiger partial charge in [0.2, 0.25) is 11.7 Å². The lowest BCUT2D eigenvalue weighted by molar-refractivity contribution is -0.148. The lowest BCUT2D eigenvalue weighted by Crippen LogP contribution is -2.24. The van der Waals surface area contributed by atoms with Gasteiger partial charge in [0.25, 0.3) is 0 Å². The topological polar surface area (TPSA) is 81.7 Å². The van der Waals surface area contributed by atoms with E-state index >= 15 is 0 Å². The van der Waals surface area contributed by atoms with Gasteiger partial charge in [0.05, 0.1) is 12.8 Å². The molecule has 0 bridgehead atoms. The highest BCUT2D eigenvalue weighted by Gasteiger charge is 2.22. The third-order valence-electron chi connectivity index (χ3n) is 2.28. The molecule has 0 unspecified atom stereocenters. The molecule has 0 heterocycles. The lowest BCUT2D eigenvalue weighted by atomic mass is 10.1. The Labute approximate surface area is 120 Å². The van der Waals surface area contributed by atoms with Crippen molar-refractivity contribution in [3.8, 4) is 0 Å². The molecule has 0 aromatic heterocycles. The lowest BCUT2D eigenvalue weighted by Gasteiger charge is -2.13. The predicted octanol–water partition coefficient (Wildman–Crippen LogP) is 1.37. The SMILES string of the molecule is COC(=O)/C(OC(C)=O)=C(\NC(C)=O)c1ccc(F)cc1. The van der Waals surface area contributed by atoms with Crippen molar-refractivity contribution in [2.24, 2.45) is 0 Å². The first-order valence-electron chi connectivity index (χ1n) is 5.89. The standard InChI is InChI=1S/C14H14FNO5/c1-8(17)16-12(10-4-6-11(15)7-5-10)13(14(19)20-3)21-9(2)18/h4-7H,1-3H3,(H,16,17)/b13-12+. The van der Waals surface area contributed by atoms with Gasteiger partial charge >= 0.3 is 11.9 Å². The highest BCUT2D eigenvalue weighted by molar-refractivity contribution is 6.00. The minimum atomic E-state index is -0.946. The van der Waals surface area contributed by atoms with E-state index in [1.165, 1.54) is 19.1 Å². The fraction of sp³-hybridized carbons (Fsp3) is 0.214.